The molecule has 0 aliphatic heterocycles. The first-order chi connectivity index (χ1) is 15.2. The fourth-order valence-corrected chi connectivity index (χ4v) is 5.44. The van der Waals surface area contributed by atoms with Gasteiger partial charge in [-0.05, 0) is 48.3 Å². The van der Waals surface area contributed by atoms with Crippen molar-refractivity contribution in [3.8, 4) is 11.5 Å². The Balaban J connectivity index is 1.59. The minimum absolute atomic E-state index is 0.221. The number of nitrogens with one attached hydrogen (secondary N) is 1. The quantitative estimate of drug-likeness (QED) is 0.630. The molecule has 0 radical (unpaired) electrons. The Labute approximate surface area is 190 Å². The molecule has 1 atom stereocenters. The van der Waals surface area contributed by atoms with Crippen LogP contribution in [0.5, 0.6) is 11.5 Å². The molecule has 2 heterocycles. The number of ether oxygens (including phenoxy) is 2. The molecule has 9 heteroatoms. The van der Waals surface area contributed by atoms with Crippen LogP contribution in [-0.2, 0) is 24.2 Å². The van der Waals surface area contributed by atoms with Crippen molar-refractivity contribution in [2.24, 2.45) is 11.3 Å². The molecule has 0 saturated carbocycles. The lowest BCUT2D eigenvalue weighted by molar-refractivity contribution is -0.117. The Morgan fingerprint density at radius 3 is 2.75 bits per heavy atom. The molecule has 0 bridgehead atoms. The number of fused-ring (bicyclic) bond motifs is 3. The van der Waals surface area contributed by atoms with Crippen LogP contribution in [0.2, 0.25) is 0 Å². The lowest BCUT2D eigenvalue weighted by Gasteiger charge is -2.33. The third-order valence-electron chi connectivity index (χ3n) is 6.14. The van der Waals surface area contributed by atoms with Gasteiger partial charge < -0.3 is 14.8 Å². The van der Waals surface area contributed by atoms with Gasteiger partial charge in [-0.1, -0.05) is 26.0 Å². The molecule has 3 aromatic rings. The minimum atomic E-state index is -0.399. The van der Waals surface area contributed by atoms with Gasteiger partial charge >= 0.3 is 0 Å². The van der Waals surface area contributed by atoms with Gasteiger partial charge in [0, 0.05) is 10.9 Å². The number of carbonyl (C=O) groups excluding carboxylic acids is 1. The van der Waals surface area contributed by atoms with Gasteiger partial charge in [0.05, 0.1) is 25.3 Å². The predicted octanol–water partition coefficient (Wildman–Crippen LogP) is 3.66. The molecule has 1 aliphatic rings. The van der Waals surface area contributed by atoms with E-state index in [1.807, 2.05) is 0 Å². The fraction of sp³-hybridized carbons (Fsp3) is 0.478. The highest BCUT2D eigenvalue weighted by Crippen LogP contribution is 2.41. The van der Waals surface area contributed by atoms with Crippen LogP contribution >= 0.6 is 11.3 Å². The van der Waals surface area contributed by atoms with E-state index < -0.39 is 5.91 Å². The van der Waals surface area contributed by atoms with E-state index in [1.54, 1.807) is 36.6 Å². The number of nitrogens with zero attached hydrogens (tertiary/aromatic N) is 3. The zero-order valence-electron chi connectivity index (χ0n) is 19.0. The maximum atomic E-state index is 13.2. The number of benzene rings is 1. The molecule has 8 nitrogen and oxygen atoms in total. The molecule has 1 aliphatic carbocycles. The third kappa shape index (κ3) is 4.21. The number of hydrogen-bond acceptors (Lipinski definition) is 7. The molecule has 2 aromatic heterocycles. The summed E-state index contributed by atoms with van der Waals surface area (Å²) in [6, 6.07) is 5.10. The molecule has 1 unspecified atom stereocenters. The first-order valence-electron chi connectivity index (χ1n) is 10.6. The van der Waals surface area contributed by atoms with E-state index in [9.17, 15) is 9.59 Å². The molecule has 32 heavy (non-hydrogen) atoms. The third-order valence-corrected chi connectivity index (χ3v) is 7.28. The summed E-state index contributed by atoms with van der Waals surface area (Å²) in [4.78, 5) is 27.8. The maximum absolute atomic E-state index is 13.2. The van der Waals surface area contributed by atoms with E-state index in [1.165, 1.54) is 12.0 Å². The summed E-state index contributed by atoms with van der Waals surface area (Å²) < 4.78 is 11.6. The number of aromatic nitrogens is 3. The van der Waals surface area contributed by atoms with E-state index >= 15 is 0 Å². The summed E-state index contributed by atoms with van der Waals surface area (Å²) in [6.07, 6.45) is 2.85. The van der Waals surface area contributed by atoms with Gasteiger partial charge in [0.2, 0.25) is 5.91 Å². The Bertz CT molecular complexity index is 1230. The molecule has 4 rings (SSSR count). The van der Waals surface area contributed by atoms with Gasteiger partial charge in [-0.2, -0.15) is 0 Å². The van der Waals surface area contributed by atoms with Crippen LogP contribution in [0.25, 0.3) is 10.2 Å². The van der Waals surface area contributed by atoms with Gasteiger partial charge in [0.1, 0.15) is 18.0 Å². The van der Waals surface area contributed by atoms with Crippen molar-refractivity contribution in [3.05, 3.63) is 39.0 Å². The fourth-order valence-electron chi connectivity index (χ4n) is 4.21. The first kappa shape index (κ1) is 22.3. The smallest absolute Gasteiger partial charge is 0.279 e. The highest BCUT2D eigenvalue weighted by atomic mass is 32.1. The van der Waals surface area contributed by atoms with Crippen LogP contribution in [-0.4, -0.2) is 35.1 Å². The van der Waals surface area contributed by atoms with E-state index in [4.69, 9.17) is 9.47 Å². The zero-order valence-corrected chi connectivity index (χ0v) is 19.8. The van der Waals surface area contributed by atoms with Gasteiger partial charge in [0.25, 0.3) is 5.56 Å². The number of thiophene rings is 1. The summed E-state index contributed by atoms with van der Waals surface area (Å²) in [6.45, 7) is 6.55. The average Bonchev–Trinajstić information content (AvgIpc) is 3.13. The summed E-state index contributed by atoms with van der Waals surface area (Å²) in [5.41, 5.74) is 1.49. The van der Waals surface area contributed by atoms with Crippen LogP contribution < -0.4 is 20.3 Å². The topological polar surface area (TPSA) is 95.3 Å². The lowest BCUT2D eigenvalue weighted by atomic mass is 9.72. The Kier molecular flexibility index (Phi) is 5.94. The molecular formula is C23H28N4O4S. The van der Waals surface area contributed by atoms with E-state index in [2.05, 4.69) is 36.4 Å². The second kappa shape index (κ2) is 8.54. The number of aryl methyl sites for hydroxylation is 1. The Morgan fingerprint density at radius 2 is 2.06 bits per heavy atom. The molecule has 1 N–H and O–H groups in total. The molecule has 0 spiro atoms. The number of methoxy groups -OCH3 is 2. The number of rotatable bonds is 5. The van der Waals surface area contributed by atoms with Crippen LogP contribution in [0.1, 0.15) is 37.6 Å². The second-order valence-corrected chi connectivity index (χ2v) is 10.2. The normalized spacial score (nSPS) is 16.0. The Morgan fingerprint density at radius 1 is 1.28 bits per heavy atom. The molecular weight excluding hydrogens is 428 g/mol. The SMILES string of the molecule is COc1ccc(OC)c(NC(=O)Cn2nnc3sc4c(c3c2=O)CCC(C(C)(C)C)C4)c1. The highest BCUT2D eigenvalue weighted by Gasteiger charge is 2.32. The van der Waals surface area contributed by atoms with Crippen LogP contribution in [0, 0.1) is 11.3 Å². The summed E-state index contributed by atoms with van der Waals surface area (Å²) in [5.74, 6) is 1.25. The van der Waals surface area contributed by atoms with Gasteiger partial charge in [0.15, 0.2) is 4.83 Å². The van der Waals surface area contributed by atoms with E-state index in [0.29, 0.717) is 33.3 Å². The van der Waals surface area contributed by atoms with Crippen molar-refractivity contribution in [1.82, 2.24) is 15.0 Å². The van der Waals surface area contributed by atoms with Crippen molar-refractivity contribution in [2.45, 2.75) is 46.6 Å². The van der Waals surface area contributed by atoms with Crippen LogP contribution in [0.4, 0.5) is 5.69 Å². The van der Waals surface area contributed by atoms with Gasteiger partial charge in [-0.15, -0.1) is 16.4 Å². The van der Waals surface area contributed by atoms with Crippen molar-refractivity contribution in [1.29, 1.82) is 0 Å². The second-order valence-electron chi connectivity index (χ2n) is 9.16. The molecule has 0 saturated heterocycles. The standard InChI is InChI=1S/C23H28N4O4S/c1-23(2,3)13-6-8-15-18(10-13)32-21-20(15)22(29)27(26-25-21)12-19(28)24-16-11-14(30-4)7-9-17(16)31-5/h7,9,11,13H,6,8,10,12H2,1-5H3,(H,24,28). The Hall–Kier alpha value is -2.94. The maximum Gasteiger partial charge on any atom is 0.279 e. The minimum Gasteiger partial charge on any atom is -0.497 e. The summed E-state index contributed by atoms with van der Waals surface area (Å²) >= 11 is 1.56. The molecule has 0 fully saturated rings. The number of amides is 1. The number of anilines is 1. The summed E-state index contributed by atoms with van der Waals surface area (Å²) in [7, 11) is 3.06. The average molecular weight is 457 g/mol. The van der Waals surface area contributed by atoms with Crippen molar-refractivity contribution in [3.63, 3.8) is 0 Å². The van der Waals surface area contributed by atoms with Crippen molar-refractivity contribution >= 4 is 33.1 Å². The monoisotopic (exact) mass is 456 g/mol. The molecule has 1 aromatic carbocycles. The van der Waals surface area contributed by atoms with Crippen molar-refractivity contribution < 1.29 is 14.3 Å². The first-order valence-corrected chi connectivity index (χ1v) is 11.4. The molecule has 1 amide bonds. The highest BCUT2D eigenvalue weighted by molar-refractivity contribution is 7.18. The van der Waals surface area contributed by atoms with Crippen molar-refractivity contribution in [2.75, 3.05) is 19.5 Å². The zero-order chi connectivity index (χ0) is 23.0. The number of carbonyl (C=O) groups is 1. The van der Waals surface area contributed by atoms with Crippen LogP contribution in [0.15, 0.2) is 23.0 Å². The number of hydrogen-bond donors (Lipinski definition) is 1. The predicted molar refractivity (Wildman–Crippen MR) is 125 cm³/mol. The van der Waals surface area contributed by atoms with E-state index in [0.717, 1.165) is 29.5 Å². The molecule has 170 valence electrons. The van der Waals surface area contributed by atoms with Gasteiger partial charge in [-0.25, -0.2) is 4.68 Å². The van der Waals surface area contributed by atoms with E-state index in [-0.39, 0.29) is 17.5 Å². The van der Waals surface area contributed by atoms with Gasteiger partial charge in [-0.3, -0.25) is 9.59 Å². The lowest BCUT2D eigenvalue weighted by Crippen LogP contribution is -2.31. The van der Waals surface area contributed by atoms with Crippen LogP contribution in [0.3, 0.4) is 0 Å². The largest absolute Gasteiger partial charge is 0.497 e. The summed E-state index contributed by atoms with van der Waals surface area (Å²) in [5, 5.41) is 11.7.